The molecule has 0 saturated heterocycles. The van der Waals surface area contributed by atoms with Crippen molar-refractivity contribution in [2.45, 2.75) is 26.4 Å². The average molecular weight is 415 g/mol. The summed E-state index contributed by atoms with van der Waals surface area (Å²) in [6.07, 6.45) is 0.986. The number of esters is 1. The maximum absolute atomic E-state index is 11.7. The quantitative estimate of drug-likeness (QED) is 0.428. The van der Waals surface area contributed by atoms with E-state index < -0.39 is 0 Å². The molecule has 0 aliphatic carbocycles. The van der Waals surface area contributed by atoms with Gasteiger partial charge >= 0.3 is 5.97 Å². The van der Waals surface area contributed by atoms with Crippen LogP contribution in [0.4, 0.5) is 5.13 Å². The number of ether oxygens (including phenoxy) is 1. The number of nitrogens with one attached hydrogen (secondary N) is 1. The van der Waals surface area contributed by atoms with Crippen LogP contribution in [0.5, 0.6) is 0 Å². The molecule has 3 rings (SSSR count). The van der Waals surface area contributed by atoms with Gasteiger partial charge in [-0.25, -0.2) is 4.98 Å². The van der Waals surface area contributed by atoms with E-state index in [1.54, 1.807) is 22.7 Å². The van der Waals surface area contributed by atoms with Crippen molar-refractivity contribution in [3.05, 3.63) is 32.4 Å². The van der Waals surface area contributed by atoms with E-state index in [2.05, 4.69) is 38.9 Å². The van der Waals surface area contributed by atoms with Crippen molar-refractivity contribution in [2.24, 2.45) is 0 Å². The van der Waals surface area contributed by atoms with Gasteiger partial charge in [0.25, 0.3) is 0 Å². The summed E-state index contributed by atoms with van der Waals surface area (Å²) in [5.74, 6) is -0.278. The molecular weight excluding hydrogens is 400 g/mol. The summed E-state index contributed by atoms with van der Waals surface area (Å²) in [7, 11) is 0. The molecule has 0 atom stereocenters. The van der Waals surface area contributed by atoms with Crippen LogP contribution in [0.15, 0.2) is 17.5 Å². The van der Waals surface area contributed by atoms with Crippen LogP contribution in [0.2, 0.25) is 4.34 Å². The smallest absolute Gasteiger partial charge is 0.306 e. The fourth-order valence-electron chi connectivity index (χ4n) is 1.97. The highest BCUT2D eigenvalue weighted by Gasteiger charge is 2.10. The lowest BCUT2D eigenvalue weighted by Gasteiger charge is -2.04. The molecule has 3 aromatic heterocycles. The lowest BCUT2D eigenvalue weighted by molar-refractivity contribution is -0.145. The Hall–Kier alpha value is -1.55. The molecule has 0 aliphatic rings. The molecule has 0 saturated carbocycles. The van der Waals surface area contributed by atoms with Crippen molar-refractivity contribution in [3.63, 3.8) is 0 Å². The first-order valence-corrected chi connectivity index (χ1v) is 10.3. The third-order valence-electron chi connectivity index (χ3n) is 3.21. The van der Waals surface area contributed by atoms with Crippen LogP contribution in [0.25, 0.3) is 10.6 Å². The Labute approximate surface area is 162 Å². The molecule has 10 heteroatoms. The highest BCUT2D eigenvalue weighted by atomic mass is 35.5. The standard InChI is InChI=1S/C15H15ClN4O2S3/c1-9-4-5-12(24-9)11-8-23-15(18-11)17-6-2-3-13(21)22-7-10-14(16)25-20-19-10/h4-5,8H,2-3,6-7H2,1H3,(H,17,18). The van der Waals surface area contributed by atoms with Gasteiger partial charge in [0.15, 0.2) is 5.13 Å². The minimum absolute atomic E-state index is 0.0671. The summed E-state index contributed by atoms with van der Waals surface area (Å²) in [6.45, 7) is 2.81. The zero-order valence-electron chi connectivity index (χ0n) is 13.3. The third-order valence-corrected chi connectivity index (χ3v) is 6.02. The molecule has 0 aromatic carbocycles. The van der Waals surface area contributed by atoms with E-state index in [9.17, 15) is 4.79 Å². The molecule has 0 unspecified atom stereocenters. The van der Waals surface area contributed by atoms with Crippen molar-refractivity contribution in [1.29, 1.82) is 0 Å². The second-order valence-corrected chi connectivity index (χ2v) is 8.63. The number of hydrogen-bond acceptors (Lipinski definition) is 9. The minimum Gasteiger partial charge on any atom is -0.459 e. The number of nitrogens with zero attached hydrogens (tertiary/aromatic N) is 3. The molecule has 0 radical (unpaired) electrons. The zero-order valence-corrected chi connectivity index (χ0v) is 16.5. The molecule has 25 heavy (non-hydrogen) atoms. The van der Waals surface area contributed by atoms with Gasteiger partial charge < -0.3 is 10.1 Å². The molecule has 0 spiro atoms. The molecule has 0 amide bonds. The number of halogens is 1. The van der Waals surface area contributed by atoms with E-state index in [1.165, 1.54) is 9.75 Å². The maximum atomic E-state index is 11.7. The van der Waals surface area contributed by atoms with Gasteiger partial charge in [-0.05, 0) is 25.5 Å². The number of aryl methyl sites for hydroxylation is 1. The van der Waals surface area contributed by atoms with Gasteiger partial charge in [0.1, 0.15) is 16.6 Å². The molecule has 0 fully saturated rings. The Morgan fingerprint density at radius 1 is 1.40 bits per heavy atom. The predicted octanol–water partition coefficient (Wildman–Crippen LogP) is 4.62. The van der Waals surface area contributed by atoms with Crippen LogP contribution >= 0.6 is 45.8 Å². The lowest BCUT2D eigenvalue weighted by Crippen LogP contribution is -2.08. The number of rotatable bonds is 8. The van der Waals surface area contributed by atoms with E-state index in [0.717, 1.165) is 22.4 Å². The van der Waals surface area contributed by atoms with Crippen LogP contribution in [-0.2, 0) is 16.1 Å². The number of thiophene rings is 1. The molecule has 0 aliphatic heterocycles. The normalized spacial score (nSPS) is 10.8. The van der Waals surface area contributed by atoms with Crippen LogP contribution in [-0.4, -0.2) is 27.1 Å². The van der Waals surface area contributed by atoms with Crippen molar-refractivity contribution in [3.8, 4) is 10.6 Å². The van der Waals surface area contributed by atoms with E-state index >= 15 is 0 Å². The Bertz CT molecular complexity index is 845. The summed E-state index contributed by atoms with van der Waals surface area (Å²) in [4.78, 5) is 18.7. The zero-order chi connectivity index (χ0) is 17.6. The summed E-state index contributed by atoms with van der Waals surface area (Å²) in [5.41, 5.74) is 1.48. The van der Waals surface area contributed by atoms with Crippen LogP contribution in [0.3, 0.4) is 0 Å². The SMILES string of the molecule is Cc1ccc(-c2csc(NCCCC(=O)OCc3nnsc3Cl)n2)s1. The van der Waals surface area contributed by atoms with Crippen molar-refractivity contribution < 1.29 is 9.53 Å². The van der Waals surface area contributed by atoms with Crippen LogP contribution in [0, 0.1) is 6.92 Å². The first-order chi connectivity index (χ1) is 12.1. The average Bonchev–Trinajstić information content (AvgIpc) is 3.31. The predicted molar refractivity (Wildman–Crippen MR) is 103 cm³/mol. The van der Waals surface area contributed by atoms with E-state index in [4.69, 9.17) is 16.3 Å². The monoisotopic (exact) mass is 414 g/mol. The van der Waals surface area contributed by atoms with Crippen molar-refractivity contribution in [2.75, 3.05) is 11.9 Å². The molecule has 1 N–H and O–H groups in total. The fraction of sp³-hybridized carbons (Fsp3) is 0.333. The number of thiazole rings is 1. The summed E-state index contributed by atoms with van der Waals surface area (Å²) >= 11 is 10.2. The van der Waals surface area contributed by atoms with Gasteiger partial charge in [0.05, 0.1) is 10.6 Å². The second kappa shape index (κ2) is 8.70. The second-order valence-electron chi connectivity index (χ2n) is 5.13. The van der Waals surface area contributed by atoms with E-state index in [-0.39, 0.29) is 12.6 Å². The molecule has 3 aromatic rings. The Morgan fingerprint density at radius 2 is 2.28 bits per heavy atom. The van der Waals surface area contributed by atoms with Crippen molar-refractivity contribution >= 4 is 56.9 Å². The van der Waals surface area contributed by atoms with Gasteiger partial charge in [-0.15, -0.1) is 27.8 Å². The van der Waals surface area contributed by atoms with Gasteiger partial charge in [0, 0.05) is 34.8 Å². The molecule has 6 nitrogen and oxygen atoms in total. The Kier molecular flexibility index (Phi) is 6.35. The third kappa shape index (κ3) is 5.21. The minimum atomic E-state index is -0.278. The van der Waals surface area contributed by atoms with E-state index in [0.29, 0.717) is 29.4 Å². The van der Waals surface area contributed by atoms with Gasteiger partial charge in [-0.2, -0.15) is 0 Å². The van der Waals surface area contributed by atoms with E-state index in [1.807, 2.05) is 5.38 Å². The van der Waals surface area contributed by atoms with Crippen LogP contribution in [0.1, 0.15) is 23.4 Å². The largest absolute Gasteiger partial charge is 0.459 e. The lowest BCUT2D eigenvalue weighted by atomic mass is 10.3. The Morgan fingerprint density at radius 3 is 3.00 bits per heavy atom. The number of carbonyl (C=O) groups excluding carboxylic acids is 1. The number of carbonyl (C=O) groups is 1. The molecule has 3 heterocycles. The maximum Gasteiger partial charge on any atom is 0.306 e. The first-order valence-electron chi connectivity index (χ1n) is 7.50. The Balaban J connectivity index is 1.36. The topological polar surface area (TPSA) is 77.0 Å². The van der Waals surface area contributed by atoms with Gasteiger partial charge in [0.2, 0.25) is 0 Å². The van der Waals surface area contributed by atoms with Crippen molar-refractivity contribution in [1.82, 2.24) is 14.6 Å². The number of aromatic nitrogens is 3. The molecule has 0 bridgehead atoms. The highest BCUT2D eigenvalue weighted by molar-refractivity contribution is 7.17. The molecular formula is C15H15ClN4O2S3. The van der Waals surface area contributed by atoms with Crippen LogP contribution < -0.4 is 5.32 Å². The number of hydrogen-bond donors (Lipinski definition) is 1. The summed E-state index contributed by atoms with van der Waals surface area (Å²) in [6, 6.07) is 4.17. The molecule has 132 valence electrons. The van der Waals surface area contributed by atoms with Gasteiger partial charge in [-0.3, -0.25) is 4.79 Å². The fourth-order valence-corrected chi connectivity index (χ4v) is 4.22. The number of anilines is 1. The van der Waals surface area contributed by atoms with Gasteiger partial charge in [-0.1, -0.05) is 16.1 Å². The summed E-state index contributed by atoms with van der Waals surface area (Å²) < 4.78 is 9.27. The summed E-state index contributed by atoms with van der Waals surface area (Å²) in [5, 5.41) is 9.92. The first kappa shape index (κ1) is 18.2. The highest BCUT2D eigenvalue weighted by Crippen LogP contribution is 2.30.